The molecule has 0 fully saturated rings. The summed E-state index contributed by atoms with van der Waals surface area (Å²) in [5.74, 6) is 1.69. The summed E-state index contributed by atoms with van der Waals surface area (Å²) < 4.78 is 0. The third-order valence-electron chi connectivity index (χ3n) is 2.75. The third kappa shape index (κ3) is 0.828. The second-order valence-corrected chi connectivity index (χ2v) is 3.46. The van der Waals surface area contributed by atoms with E-state index in [1.807, 2.05) is 0 Å². The Hall–Kier alpha value is -0.520. The van der Waals surface area contributed by atoms with E-state index in [0.29, 0.717) is 0 Å². The Bertz CT molecular complexity index is 186. The monoisotopic (exact) mass is 134 g/mol. The standard InChI is InChI=1S/C10H14/c1-8-6-7-9-4-2-3-5-10(8)9/h4,6-8,10H,2-3,5H2,1H3/t8-,10?/m1/s1. The fraction of sp³-hybridized carbons (Fsp3) is 0.600. The van der Waals surface area contributed by atoms with Gasteiger partial charge in [0.05, 0.1) is 0 Å². The van der Waals surface area contributed by atoms with Crippen LogP contribution in [0.2, 0.25) is 0 Å². The maximum absolute atomic E-state index is 2.41. The number of fused-ring (bicyclic) bond motifs is 1. The molecule has 2 rings (SSSR count). The molecule has 0 bridgehead atoms. The van der Waals surface area contributed by atoms with Crippen molar-refractivity contribution < 1.29 is 0 Å². The highest BCUT2D eigenvalue weighted by molar-refractivity contribution is 5.31. The third-order valence-corrected chi connectivity index (χ3v) is 2.75. The van der Waals surface area contributed by atoms with E-state index in [1.165, 1.54) is 19.3 Å². The van der Waals surface area contributed by atoms with Crippen molar-refractivity contribution in [1.82, 2.24) is 0 Å². The van der Waals surface area contributed by atoms with Crippen LogP contribution in [0.5, 0.6) is 0 Å². The Kier molecular flexibility index (Phi) is 1.40. The number of hydrogen-bond donors (Lipinski definition) is 0. The zero-order valence-electron chi connectivity index (χ0n) is 6.51. The summed E-state index contributed by atoms with van der Waals surface area (Å²) in [6.07, 6.45) is 11.2. The van der Waals surface area contributed by atoms with Crippen molar-refractivity contribution in [2.45, 2.75) is 26.2 Å². The summed E-state index contributed by atoms with van der Waals surface area (Å²) >= 11 is 0. The summed E-state index contributed by atoms with van der Waals surface area (Å²) in [5.41, 5.74) is 1.61. The normalized spacial score (nSPS) is 37.5. The van der Waals surface area contributed by atoms with Crippen LogP contribution >= 0.6 is 0 Å². The van der Waals surface area contributed by atoms with Gasteiger partial charge in [0.25, 0.3) is 0 Å². The molecular formula is C10H14. The average Bonchev–Trinajstić information content (AvgIpc) is 2.34. The molecule has 0 N–H and O–H groups in total. The molecule has 10 heavy (non-hydrogen) atoms. The molecule has 0 saturated carbocycles. The molecule has 2 aliphatic carbocycles. The molecule has 2 aliphatic rings. The highest BCUT2D eigenvalue weighted by Gasteiger charge is 2.24. The zero-order chi connectivity index (χ0) is 6.97. The fourth-order valence-electron chi connectivity index (χ4n) is 2.08. The van der Waals surface area contributed by atoms with Gasteiger partial charge in [-0.15, -0.1) is 0 Å². The lowest BCUT2D eigenvalue weighted by atomic mass is 9.84. The van der Waals surface area contributed by atoms with Crippen molar-refractivity contribution >= 4 is 0 Å². The van der Waals surface area contributed by atoms with Crippen LogP contribution in [-0.4, -0.2) is 0 Å². The molecule has 0 radical (unpaired) electrons. The molecule has 0 aromatic carbocycles. The quantitative estimate of drug-likeness (QED) is 0.478. The van der Waals surface area contributed by atoms with E-state index in [9.17, 15) is 0 Å². The first-order valence-corrected chi connectivity index (χ1v) is 4.26. The van der Waals surface area contributed by atoms with Crippen LogP contribution in [0, 0.1) is 11.8 Å². The van der Waals surface area contributed by atoms with E-state index in [4.69, 9.17) is 0 Å². The molecule has 0 saturated heterocycles. The Balaban J connectivity index is 2.24. The van der Waals surface area contributed by atoms with E-state index < -0.39 is 0 Å². The number of allylic oxidation sites excluding steroid dienone is 4. The average molecular weight is 134 g/mol. The minimum Gasteiger partial charge on any atom is -0.0810 e. The Labute approximate surface area is 62.6 Å². The van der Waals surface area contributed by atoms with Crippen LogP contribution in [-0.2, 0) is 0 Å². The number of hydrogen-bond acceptors (Lipinski definition) is 0. The van der Waals surface area contributed by atoms with E-state index in [2.05, 4.69) is 25.2 Å². The van der Waals surface area contributed by atoms with Gasteiger partial charge in [-0.05, 0) is 36.7 Å². The first-order chi connectivity index (χ1) is 4.88. The van der Waals surface area contributed by atoms with Gasteiger partial charge in [0.2, 0.25) is 0 Å². The van der Waals surface area contributed by atoms with Crippen LogP contribution in [0.3, 0.4) is 0 Å². The Morgan fingerprint density at radius 3 is 3.20 bits per heavy atom. The fourth-order valence-corrected chi connectivity index (χ4v) is 2.08. The van der Waals surface area contributed by atoms with Gasteiger partial charge in [-0.25, -0.2) is 0 Å². The van der Waals surface area contributed by atoms with Gasteiger partial charge in [0.1, 0.15) is 0 Å². The van der Waals surface area contributed by atoms with Crippen molar-refractivity contribution in [3.8, 4) is 0 Å². The minimum absolute atomic E-state index is 0.812. The maximum atomic E-state index is 2.41. The summed E-state index contributed by atoms with van der Waals surface area (Å²) in [5, 5.41) is 0. The lowest BCUT2D eigenvalue weighted by molar-refractivity contribution is 0.448. The van der Waals surface area contributed by atoms with E-state index in [1.54, 1.807) is 5.57 Å². The summed E-state index contributed by atoms with van der Waals surface area (Å²) in [4.78, 5) is 0. The second kappa shape index (κ2) is 2.26. The van der Waals surface area contributed by atoms with Gasteiger partial charge in [-0.3, -0.25) is 0 Å². The molecule has 0 heterocycles. The van der Waals surface area contributed by atoms with Gasteiger partial charge in [0, 0.05) is 0 Å². The van der Waals surface area contributed by atoms with Crippen molar-refractivity contribution in [2.24, 2.45) is 11.8 Å². The smallest absolute Gasteiger partial charge is 0.0105 e. The van der Waals surface area contributed by atoms with E-state index in [-0.39, 0.29) is 0 Å². The Morgan fingerprint density at radius 1 is 1.50 bits per heavy atom. The van der Waals surface area contributed by atoms with Crippen LogP contribution in [0.15, 0.2) is 23.8 Å². The molecule has 0 aromatic heterocycles. The topological polar surface area (TPSA) is 0 Å². The molecule has 2 atom stereocenters. The van der Waals surface area contributed by atoms with E-state index in [0.717, 1.165) is 11.8 Å². The first kappa shape index (κ1) is 6.21. The molecule has 0 aromatic rings. The lowest BCUT2D eigenvalue weighted by Gasteiger charge is -2.20. The van der Waals surface area contributed by atoms with Crippen LogP contribution in [0.1, 0.15) is 26.2 Å². The lowest BCUT2D eigenvalue weighted by Crippen LogP contribution is -2.09. The zero-order valence-corrected chi connectivity index (χ0v) is 6.51. The highest BCUT2D eigenvalue weighted by Crippen LogP contribution is 2.37. The predicted molar refractivity (Wildman–Crippen MR) is 43.7 cm³/mol. The van der Waals surface area contributed by atoms with Gasteiger partial charge in [-0.2, -0.15) is 0 Å². The summed E-state index contributed by atoms with van der Waals surface area (Å²) in [7, 11) is 0. The van der Waals surface area contributed by atoms with Crippen LogP contribution in [0.4, 0.5) is 0 Å². The van der Waals surface area contributed by atoms with Crippen molar-refractivity contribution in [1.29, 1.82) is 0 Å². The van der Waals surface area contributed by atoms with Gasteiger partial charge in [0.15, 0.2) is 0 Å². The Morgan fingerprint density at radius 2 is 2.40 bits per heavy atom. The van der Waals surface area contributed by atoms with Gasteiger partial charge in [-0.1, -0.05) is 25.2 Å². The molecule has 54 valence electrons. The minimum atomic E-state index is 0.812. The summed E-state index contributed by atoms with van der Waals surface area (Å²) in [6.45, 7) is 2.33. The first-order valence-electron chi connectivity index (χ1n) is 4.26. The molecule has 1 unspecified atom stereocenters. The van der Waals surface area contributed by atoms with Gasteiger partial charge < -0.3 is 0 Å². The summed E-state index contributed by atoms with van der Waals surface area (Å²) in [6, 6.07) is 0. The largest absolute Gasteiger partial charge is 0.0810 e. The van der Waals surface area contributed by atoms with Crippen molar-refractivity contribution in [3.63, 3.8) is 0 Å². The van der Waals surface area contributed by atoms with E-state index >= 15 is 0 Å². The molecule has 0 nitrogen and oxygen atoms in total. The molecule has 0 heteroatoms. The van der Waals surface area contributed by atoms with Crippen LogP contribution < -0.4 is 0 Å². The van der Waals surface area contributed by atoms with Crippen molar-refractivity contribution in [3.05, 3.63) is 23.8 Å². The predicted octanol–water partition coefficient (Wildman–Crippen LogP) is 2.92. The second-order valence-electron chi connectivity index (χ2n) is 3.46. The van der Waals surface area contributed by atoms with Crippen LogP contribution in [0.25, 0.3) is 0 Å². The van der Waals surface area contributed by atoms with Crippen molar-refractivity contribution in [2.75, 3.05) is 0 Å². The molecule has 0 spiro atoms. The molecule has 0 aliphatic heterocycles. The maximum Gasteiger partial charge on any atom is -0.0105 e. The SMILES string of the molecule is C[C@@H]1C=CC2=CCCCC21. The number of rotatable bonds is 0. The highest BCUT2D eigenvalue weighted by atomic mass is 14.3. The molecular weight excluding hydrogens is 120 g/mol. The molecule has 0 amide bonds. The van der Waals surface area contributed by atoms with Gasteiger partial charge >= 0.3 is 0 Å².